The molecule has 0 atom stereocenters. The van der Waals surface area contributed by atoms with E-state index in [0.29, 0.717) is 16.8 Å². The number of carbonyl (C=O) groups excluding carboxylic acids is 1. The zero-order chi connectivity index (χ0) is 17.1. The van der Waals surface area contributed by atoms with Crippen molar-refractivity contribution in [1.29, 1.82) is 0 Å². The summed E-state index contributed by atoms with van der Waals surface area (Å²) in [6.07, 6.45) is 0. The molecule has 0 aliphatic heterocycles. The summed E-state index contributed by atoms with van der Waals surface area (Å²) in [4.78, 5) is 12.1. The predicted octanol–water partition coefficient (Wildman–Crippen LogP) is 4.30. The van der Waals surface area contributed by atoms with Crippen LogP contribution in [0, 0.1) is 3.57 Å². The molecule has 0 spiro atoms. The van der Waals surface area contributed by atoms with Gasteiger partial charge in [-0.05, 0) is 59.2 Å². The molecule has 3 aromatic rings. The second-order valence-corrected chi connectivity index (χ2v) is 6.58. The molecule has 0 aliphatic carbocycles. The van der Waals surface area contributed by atoms with Crippen LogP contribution in [0.25, 0.3) is 10.8 Å². The van der Waals surface area contributed by atoms with Crippen molar-refractivity contribution in [3.05, 3.63) is 75.4 Å². The molecule has 0 radical (unpaired) electrons. The van der Waals surface area contributed by atoms with E-state index in [9.17, 15) is 9.90 Å². The summed E-state index contributed by atoms with van der Waals surface area (Å²) in [5.74, 6) is -0.119. The molecule has 0 bridgehead atoms. The van der Waals surface area contributed by atoms with Crippen molar-refractivity contribution in [3.8, 4) is 5.75 Å². The average molecular weight is 430 g/mol. The van der Waals surface area contributed by atoms with Gasteiger partial charge in [0.1, 0.15) is 5.75 Å². The number of hydrazone groups is 1. The lowest BCUT2D eigenvalue weighted by molar-refractivity contribution is 0.0954. The van der Waals surface area contributed by atoms with E-state index in [2.05, 4.69) is 33.1 Å². The van der Waals surface area contributed by atoms with Gasteiger partial charge in [0.15, 0.2) is 0 Å². The quantitative estimate of drug-likeness (QED) is 0.370. The highest BCUT2D eigenvalue weighted by Gasteiger charge is 2.10. The standard InChI is InChI=1S/C19H15IN2O2/c1-12(21-22-19(24)14-6-4-7-15(20)11-14)16-10-9-13-5-2-3-8-17(13)18(16)23/h2-11,23H,1H3,(H,22,24)/b21-12+. The van der Waals surface area contributed by atoms with Gasteiger partial charge in [-0.1, -0.05) is 36.4 Å². The summed E-state index contributed by atoms with van der Waals surface area (Å²) in [5, 5.41) is 16.3. The minimum atomic E-state index is -0.284. The van der Waals surface area contributed by atoms with Gasteiger partial charge in [0.2, 0.25) is 0 Å². The molecule has 0 heterocycles. The number of fused-ring (bicyclic) bond motifs is 1. The maximum absolute atomic E-state index is 12.1. The smallest absolute Gasteiger partial charge is 0.271 e. The number of halogens is 1. The lowest BCUT2D eigenvalue weighted by Gasteiger charge is -2.08. The molecule has 120 valence electrons. The fraction of sp³-hybridized carbons (Fsp3) is 0.0526. The largest absolute Gasteiger partial charge is 0.507 e. The first-order valence-corrected chi connectivity index (χ1v) is 8.45. The van der Waals surface area contributed by atoms with Crippen molar-refractivity contribution in [3.63, 3.8) is 0 Å². The first-order chi connectivity index (χ1) is 11.6. The Kier molecular flexibility index (Phi) is 4.80. The third kappa shape index (κ3) is 3.41. The van der Waals surface area contributed by atoms with Crippen molar-refractivity contribution >= 4 is 45.0 Å². The van der Waals surface area contributed by atoms with Crippen LogP contribution in [0.3, 0.4) is 0 Å². The fourth-order valence-corrected chi connectivity index (χ4v) is 2.98. The van der Waals surface area contributed by atoms with Gasteiger partial charge in [-0.25, -0.2) is 5.43 Å². The number of nitrogens with zero attached hydrogens (tertiary/aromatic N) is 1. The van der Waals surface area contributed by atoms with Crippen molar-refractivity contribution in [2.75, 3.05) is 0 Å². The normalized spacial score (nSPS) is 11.5. The second-order valence-electron chi connectivity index (χ2n) is 5.33. The van der Waals surface area contributed by atoms with E-state index in [0.717, 1.165) is 14.3 Å². The summed E-state index contributed by atoms with van der Waals surface area (Å²) in [5.41, 5.74) is 4.21. The molecule has 1 amide bonds. The number of amides is 1. The fourth-order valence-electron chi connectivity index (χ4n) is 2.44. The Hall–Kier alpha value is -2.41. The van der Waals surface area contributed by atoms with Crippen LogP contribution in [0.4, 0.5) is 0 Å². The van der Waals surface area contributed by atoms with E-state index >= 15 is 0 Å². The Bertz CT molecular complexity index is 951. The monoisotopic (exact) mass is 430 g/mol. The van der Waals surface area contributed by atoms with Crippen LogP contribution < -0.4 is 5.43 Å². The third-order valence-corrected chi connectivity index (χ3v) is 4.37. The Morgan fingerprint density at radius 3 is 2.67 bits per heavy atom. The van der Waals surface area contributed by atoms with Gasteiger partial charge in [0.25, 0.3) is 5.91 Å². The molecule has 0 aromatic heterocycles. The number of rotatable bonds is 3. The van der Waals surface area contributed by atoms with Crippen LogP contribution in [0.5, 0.6) is 5.75 Å². The van der Waals surface area contributed by atoms with Gasteiger partial charge >= 0.3 is 0 Å². The average Bonchev–Trinajstić information content (AvgIpc) is 2.60. The molecule has 2 N–H and O–H groups in total. The number of benzene rings is 3. The molecule has 5 heteroatoms. The SMILES string of the molecule is C/C(=N\NC(=O)c1cccc(I)c1)c1ccc2ccccc2c1O. The van der Waals surface area contributed by atoms with E-state index in [-0.39, 0.29) is 11.7 Å². The van der Waals surface area contributed by atoms with Gasteiger partial charge in [-0.2, -0.15) is 5.10 Å². The van der Waals surface area contributed by atoms with Crippen LogP contribution in [-0.4, -0.2) is 16.7 Å². The van der Waals surface area contributed by atoms with Crippen molar-refractivity contribution < 1.29 is 9.90 Å². The molecule has 3 rings (SSSR count). The van der Waals surface area contributed by atoms with Crippen molar-refractivity contribution in [2.45, 2.75) is 6.92 Å². The van der Waals surface area contributed by atoms with Crippen LogP contribution in [0.1, 0.15) is 22.8 Å². The summed E-state index contributed by atoms with van der Waals surface area (Å²) < 4.78 is 0.980. The summed E-state index contributed by atoms with van der Waals surface area (Å²) in [6, 6.07) is 18.6. The molecule has 0 saturated carbocycles. The lowest BCUT2D eigenvalue weighted by Crippen LogP contribution is -2.19. The molecule has 0 fully saturated rings. The maximum Gasteiger partial charge on any atom is 0.271 e. The highest BCUT2D eigenvalue weighted by Crippen LogP contribution is 2.28. The number of aromatic hydroxyl groups is 1. The minimum absolute atomic E-state index is 0.165. The third-order valence-electron chi connectivity index (χ3n) is 3.70. The van der Waals surface area contributed by atoms with Gasteiger partial charge in [0, 0.05) is 20.1 Å². The lowest BCUT2D eigenvalue weighted by atomic mass is 10.0. The molecular weight excluding hydrogens is 415 g/mol. The van der Waals surface area contributed by atoms with E-state index in [1.807, 2.05) is 42.5 Å². The molecular formula is C19H15IN2O2. The Morgan fingerprint density at radius 2 is 1.88 bits per heavy atom. The topological polar surface area (TPSA) is 61.7 Å². The van der Waals surface area contributed by atoms with Crippen molar-refractivity contribution in [2.24, 2.45) is 5.10 Å². The van der Waals surface area contributed by atoms with Gasteiger partial charge in [0.05, 0.1) is 5.71 Å². The first-order valence-electron chi connectivity index (χ1n) is 7.37. The maximum atomic E-state index is 12.1. The molecule has 24 heavy (non-hydrogen) atoms. The molecule has 0 aliphatic rings. The highest BCUT2D eigenvalue weighted by atomic mass is 127. The van der Waals surface area contributed by atoms with Crippen molar-refractivity contribution in [1.82, 2.24) is 5.43 Å². The Balaban J connectivity index is 1.86. The minimum Gasteiger partial charge on any atom is -0.507 e. The number of phenols is 1. The summed E-state index contributed by atoms with van der Waals surface area (Å²) >= 11 is 2.15. The van der Waals surface area contributed by atoms with Crippen LogP contribution in [0.15, 0.2) is 65.8 Å². The Labute approximate surface area is 153 Å². The number of carbonyl (C=O) groups is 1. The van der Waals surface area contributed by atoms with E-state index in [4.69, 9.17) is 0 Å². The predicted molar refractivity (Wildman–Crippen MR) is 104 cm³/mol. The number of hydrogen-bond acceptors (Lipinski definition) is 3. The first kappa shape index (κ1) is 16.4. The van der Waals surface area contributed by atoms with Crippen LogP contribution >= 0.6 is 22.6 Å². The zero-order valence-electron chi connectivity index (χ0n) is 13.0. The number of nitrogens with one attached hydrogen (secondary N) is 1. The molecule has 0 saturated heterocycles. The highest BCUT2D eigenvalue weighted by molar-refractivity contribution is 14.1. The zero-order valence-corrected chi connectivity index (χ0v) is 15.1. The molecule has 3 aromatic carbocycles. The number of phenolic OH excluding ortho intramolecular Hbond substituents is 1. The van der Waals surface area contributed by atoms with Gasteiger partial charge < -0.3 is 5.11 Å². The van der Waals surface area contributed by atoms with Crippen LogP contribution in [-0.2, 0) is 0 Å². The molecule has 4 nitrogen and oxygen atoms in total. The second kappa shape index (κ2) is 7.00. The molecule has 0 unspecified atom stereocenters. The van der Waals surface area contributed by atoms with Crippen LogP contribution in [0.2, 0.25) is 0 Å². The van der Waals surface area contributed by atoms with E-state index < -0.39 is 0 Å². The van der Waals surface area contributed by atoms with Gasteiger partial charge in [-0.15, -0.1) is 0 Å². The summed E-state index contributed by atoms with van der Waals surface area (Å²) in [7, 11) is 0. The number of hydrogen-bond donors (Lipinski definition) is 2. The van der Waals surface area contributed by atoms with Gasteiger partial charge in [-0.3, -0.25) is 4.79 Å². The Morgan fingerprint density at radius 1 is 1.08 bits per heavy atom. The summed E-state index contributed by atoms with van der Waals surface area (Å²) in [6.45, 7) is 1.75. The van der Waals surface area contributed by atoms with E-state index in [1.54, 1.807) is 25.1 Å². The van der Waals surface area contributed by atoms with E-state index in [1.165, 1.54) is 0 Å².